The van der Waals surface area contributed by atoms with E-state index in [2.05, 4.69) is 24.5 Å². The monoisotopic (exact) mass is 651 g/mol. The molecule has 2 aliphatic rings. The van der Waals surface area contributed by atoms with Gasteiger partial charge < -0.3 is 0 Å². The number of benzene rings is 1. The number of allylic oxidation sites excluding steroid dienone is 7. The number of hydrogen-bond acceptors (Lipinski definition) is 6. The van der Waals surface area contributed by atoms with Crippen LogP contribution in [-0.2, 0) is 0 Å². The highest BCUT2D eigenvalue weighted by molar-refractivity contribution is 6.30. The fourth-order valence-electron chi connectivity index (χ4n) is 5.35. The van der Waals surface area contributed by atoms with Crippen LogP contribution in [0, 0.1) is 112 Å². The summed E-state index contributed by atoms with van der Waals surface area (Å²) in [6.45, 7) is 22.7. The van der Waals surface area contributed by atoms with Gasteiger partial charge in [-0.3, -0.25) is 0 Å². The van der Waals surface area contributed by atoms with Crippen LogP contribution in [0.15, 0.2) is 17.5 Å². The number of pyridine rings is 2. The third kappa shape index (κ3) is 4.09. The van der Waals surface area contributed by atoms with Crippen LogP contribution >= 0.6 is 0 Å². The predicted octanol–water partition coefficient (Wildman–Crippen LogP) is 7.02. The van der Waals surface area contributed by atoms with E-state index in [-0.39, 0.29) is 0 Å². The van der Waals surface area contributed by atoms with Crippen molar-refractivity contribution < 1.29 is 35.1 Å². The third-order valence-corrected chi connectivity index (χ3v) is 7.08. The minimum Gasteiger partial charge on any atom is -0.237 e. The molecule has 48 heavy (non-hydrogen) atoms. The molecular weight excluding hydrogens is 650 g/mol. The molecule has 0 fully saturated rings. The molecule has 0 spiro atoms. The van der Waals surface area contributed by atoms with Gasteiger partial charge in [-0.1, -0.05) is 6.07 Å². The lowest BCUT2D eigenvalue weighted by molar-refractivity contribution is 0.404. The fourth-order valence-corrected chi connectivity index (χ4v) is 5.35. The lowest BCUT2D eigenvalue weighted by Crippen LogP contribution is -2.07. The number of aromatic nitrogens is 2. The smallest absolute Gasteiger partial charge is 0.237 e. The van der Waals surface area contributed by atoms with Crippen LogP contribution in [0.5, 0.6) is 0 Å². The molecule has 226 valence electrons. The second-order valence-corrected chi connectivity index (χ2v) is 9.19. The molecule has 5 rings (SSSR count). The highest BCUT2D eigenvalue weighted by Gasteiger charge is 2.43. The van der Waals surface area contributed by atoms with Crippen LogP contribution in [0.3, 0.4) is 0 Å². The number of nitriles is 4. The fraction of sp³-hybridized carbons (Fsp3) is 0. The second-order valence-electron chi connectivity index (χ2n) is 9.19. The number of nitrogens with zero attached hydrogens (tertiary/aromatic N) is 9. The van der Waals surface area contributed by atoms with Crippen molar-refractivity contribution in [3.05, 3.63) is 138 Å². The van der Waals surface area contributed by atoms with Gasteiger partial charge in [0.05, 0.1) is 54.1 Å². The maximum absolute atomic E-state index is 15.2. The van der Waals surface area contributed by atoms with Gasteiger partial charge in [0, 0.05) is 16.7 Å². The highest BCUT2D eigenvalue weighted by atomic mass is 19.2. The van der Waals surface area contributed by atoms with Crippen molar-refractivity contribution >= 4 is 33.6 Å². The molecule has 0 amide bonds. The van der Waals surface area contributed by atoms with Crippen LogP contribution in [0.1, 0.15) is 38.9 Å². The molecule has 0 N–H and O–H groups in total. The maximum atomic E-state index is 15.2. The maximum Gasteiger partial charge on any atom is 0.270 e. The molecule has 17 heteroatoms. The molecule has 3 aromatic rings. The zero-order chi connectivity index (χ0) is 35.4. The summed E-state index contributed by atoms with van der Waals surface area (Å²) in [6.07, 6.45) is 0. The van der Waals surface area contributed by atoms with E-state index in [1.165, 1.54) is 18.2 Å². The van der Waals surface area contributed by atoms with E-state index in [0.717, 1.165) is 6.07 Å². The predicted molar refractivity (Wildman–Crippen MR) is 143 cm³/mol. The summed E-state index contributed by atoms with van der Waals surface area (Å²) in [5.74, 6) is -17.6. The lowest BCUT2D eigenvalue weighted by Gasteiger charge is -2.16. The average Bonchev–Trinajstić information content (AvgIpc) is 3.55. The van der Waals surface area contributed by atoms with Gasteiger partial charge >= 0.3 is 0 Å². The summed E-state index contributed by atoms with van der Waals surface area (Å²) in [5.41, 5.74) is -15.1. The summed E-state index contributed by atoms with van der Waals surface area (Å²) in [7, 11) is 0. The van der Waals surface area contributed by atoms with E-state index in [9.17, 15) is 38.6 Å². The van der Waals surface area contributed by atoms with Crippen molar-refractivity contribution in [2.24, 2.45) is 0 Å². The van der Waals surface area contributed by atoms with E-state index < -0.39 is 131 Å². The number of fused-ring (bicyclic) bond motifs is 2. The van der Waals surface area contributed by atoms with Crippen LogP contribution in [0.4, 0.5) is 35.1 Å². The first kappa shape index (κ1) is 31.8. The zero-order valence-corrected chi connectivity index (χ0v) is 22.6. The Balaban J connectivity index is 2.11. The van der Waals surface area contributed by atoms with Crippen molar-refractivity contribution in [3.63, 3.8) is 0 Å². The molecule has 2 aromatic heterocycles. The van der Waals surface area contributed by atoms with Gasteiger partial charge in [0.25, 0.3) is 35.2 Å². The summed E-state index contributed by atoms with van der Waals surface area (Å²) in [4.78, 5) is 13.9. The Morgan fingerprint density at radius 1 is 0.583 bits per heavy atom. The van der Waals surface area contributed by atoms with Crippen molar-refractivity contribution in [2.75, 3.05) is 0 Å². The number of hydrogen-bond donors (Lipinski definition) is 0. The van der Waals surface area contributed by atoms with Gasteiger partial charge in [0.2, 0.25) is 5.70 Å². The Labute approximate surface area is 261 Å². The largest absolute Gasteiger partial charge is 0.270 e. The molecule has 9 nitrogen and oxygen atoms in total. The molecule has 0 bridgehead atoms. The van der Waals surface area contributed by atoms with Gasteiger partial charge in [0.1, 0.15) is 12.1 Å². The van der Waals surface area contributed by atoms with Crippen molar-refractivity contribution in [3.8, 4) is 24.3 Å². The molecule has 2 aliphatic carbocycles. The van der Waals surface area contributed by atoms with E-state index in [0.29, 0.717) is 0 Å². The average molecular weight is 651 g/mol. The molecule has 0 unspecified atom stereocenters. The van der Waals surface area contributed by atoms with E-state index in [1.54, 1.807) is 6.07 Å². The standard InChI is InChI=1S/C31HF8N9/c1-44-13(7-42)18-15-9(11(5-40)17(18)21-23(32)28(36)47-29(37)24(21)33)4-10-16(12(15)6-41)19(14(8-43)45-2)20(27(10)46-3)22-25(34)30(38)48-31(39)26(22)35/h4H/b18-13+,19-14-. The van der Waals surface area contributed by atoms with Gasteiger partial charge in [-0.25, -0.2) is 42.6 Å². The van der Waals surface area contributed by atoms with Crippen molar-refractivity contribution in [1.82, 2.24) is 9.97 Å². The SMILES string of the molecule is [C-]#[N+]C1=C(c2c(F)c(F)nc(F)c2F)/C(=C(/C#N)[N+]#[C-])c2c1cc1c(c2C#N)/C(=C(/C#N)[N+]#[C-])C(c2c(F)c(F)nc(F)c2F)=C1C#N. The summed E-state index contributed by atoms with van der Waals surface area (Å²) < 4.78 is 118. The highest BCUT2D eigenvalue weighted by Crippen LogP contribution is 2.57. The first-order valence-corrected chi connectivity index (χ1v) is 12.2. The molecular formula is C31HF8N9. The first-order valence-electron chi connectivity index (χ1n) is 12.2. The molecule has 1 aromatic carbocycles. The lowest BCUT2D eigenvalue weighted by atomic mass is 9.86. The Bertz CT molecular complexity index is 2310. The molecule has 0 aliphatic heterocycles. The quantitative estimate of drug-likeness (QED) is 0.127. The van der Waals surface area contributed by atoms with Crippen LogP contribution < -0.4 is 0 Å². The number of rotatable bonds is 2. The summed E-state index contributed by atoms with van der Waals surface area (Å²) in [5, 5.41) is 40.1. The van der Waals surface area contributed by atoms with E-state index in [1.807, 2.05) is 0 Å². The Morgan fingerprint density at radius 2 is 1.00 bits per heavy atom. The van der Waals surface area contributed by atoms with Crippen molar-refractivity contribution in [1.29, 1.82) is 21.0 Å². The topological polar surface area (TPSA) is 134 Å². The molecule has 0 atom stereocenters. The van der Waals surface area contributed by atoms with Gasteiger partial charge in [0.15, 0.2) is 23.3 Å². The Morgan fingerprint density at radius 3 is 1.38 bits per heavy atom. The van der Waals surface area contributed by atoms with Crippen LogP contribution in [-0.4, -0.2) is 9.97 Å². The summed E-state index contributed by atoms with van der Waals surface area (Å²) in [6, 6.07) is 6.58. The Hall–Kier alpha value is -7.65. The van der Waals surface area contributed by atoms with Crippen LogP contribution in [0.2, 0.25) is 0 Å². The number of halogens is 8. The van der Waals surface area contributed by atoms with E-state index >= 15 is 17.6 Å². The van der Waals surface area contributed by atoms with Gasteiger partial charge in [-0.15, -0.1) is 0 Å². The second kappa shape index (κ2) is 11.4. The molecule has 0 saturated heterocycles. The minimum atomic E-state index is -2.21. The zero-order valence-electron chi connectivity index (χ0n) is 22.6. The minimum absolute atomic E-state index is 0.623. The van der Waals surface area contributed by atoms with Gasteiger partial charge in [-0.2, -0.15) is 38.1 Å². The van der Waals surface area contributed by atoms with E-state index in [4.69, 9.17) is 19.7 Å². The first-order chi connectivity index (χ1) is 22.9. The molecule has 0 saturated carbocycles. The normalized spacial score (nSPS) is 14.9. The molecule has 2 heterocycles. The Kier molecular flexibility index (Phi) is 7.52. The van der Waals surface area contributed by atoms with Gasteiger partial charge in [-0.05, 0) is 27.8 Å². The van der Waals surface area contributed by atoms with Crippen LogP contribution in [0.25, 0.3) is 48.1 Å². The third-order valence-electron chi connectivity index (χ3n) is 7.08. The van der Waals surface area contributed by atoms with Crippen molar-refractivity contribution in [2.45, 2.75) is 0 Å². The molecule has 0 radical (unpaired) electrons. The summed E-state index contributed by atoms with van der Waals surface area (Å²) >= 11 is 0.